The molecule has 4 aromatic rings. The molecule has 6 nitrogen and oxygen atoms in total. The lowest BCUT2D eigenvalue weighted by atomic mass is 9.88. The molecule has 0 spiro atoms. The molecule has 3 N–H and O–H groups in total. The van der Waals surface area contributed by atoms with Crippen molar-refractivity contribution in [2.45, 2.75) is 18.9 Å². The summed E-state index contributed by atoms with van der Waals surface area (Å²) in [5.41, 5.74) is 10.00. The molecule has 4 rings (SSSR count). The van der Waals surface area contributed by atoms with Crippen molar-refractivity contribution in [1.29, 1.82) is 0 Å². The quantitative estimate of drug-likeness (QED) is 0.335. The maximum atomic E-state index is 12.8. The second-order valence-corrected chi connectivity index (χ2v) is 8.59. The standard InChI is InChI=1S/C30H29N3O3/c1-36-27-14-12-22(13-15-27)25-18-26(30(31)35)20-33(19-25)21-29(34)32-17-16-28(23-8-4-2-5-9-23)24-10-6-3-7-11-24/h2-15,18-20,28H,16-17,21H2,1H3,(H2-,31,32,34,35)/p+1. The van der Waals surface area contributed by atoms with Gasteiger partial charge in [0, 0.05) is 18.0 Å². The summed E-state index contributed by atoms with van der Waals surface area (Å²) in [4.78, 5) is 24.7. The average Bonchev–Trinajstić information content (AvgIpc) is 2.92. The Balaban J connectivity index is 1.45. The highest BCUT2D eigenvalue weighted by Gasteiger charge is 2.18. The summed E-state index contributed by atoms with van der Waals surface area (Å²) < 4.78 is 6.92. The molecule has 0 aliphatic carbocycles. The zero-order valence-electron chi connectivity index (χ0n) is 20.3. The van der Waals surface area contributed by atoms with Crippen LogP contribution in [0.4, 0.5) is 0 Å². The number of pyridine rings is 1. The molecule has 0 bridgehead atoms. The van der Waals surface area contributed by atoms with E-state index in [0.29, 0.717) is 12.1 Å². The van der Waals surface area contributed by atoms with Crippen LogP contribution in [0.25, 0.3) is 11.1 Å². The molecule has 36 heavy (non-hydrogen) atoms. The van der Waals surface area contributed by atoms with Gasteiger partial charge >= 0.3 is 0 Å². The third kappa shape index (κ3) is 6.36. The predicted molar refractivity (Wildman–Crippen MR) is 139 cm³/mol. The number of ether oxygens (including phenoxy) is 1. The second-order valence-electron chi connectivity index (χ2n) is 8.59. The highest BCUT2D eigenvalue weighted by Crippen LogP contribution is 2.27. The lowest BCUT2D eigenvalue weighted by molar-refractivity contribution is -0.684. The van der Waals surface area contributed by atoms with Crippen LogP contribution in [0.5, 0.6) is 5.75 Å². The zero-order valence-corrected chi connectivity index (χ0v) is 20.3. The number of hydrogen-bond acceptors (Lipinski definition) is 3. The Morgan fingerprint density at radius 2 is 1.47 bits per heavy atom. The van der Waals surface area contributed by atoms with Crippen LogP contribution in [-0.2, 0) is 11.3 Å². The first kappa shape index (κ1) is 24.7. The minimum absolute atomic E-state index is 0.0750. The fourth-order valence-corrected chi connectivity index (χ4v) is 4.28. The van der Waals surface area contributed by atoms with Crippen LogP contribution in [0.3, 0.4) is 0 Å². The summed E-state index contributed by atoms with van der Waals surface area (Å²) >= 11 is 0. The van der Waals surface area contributed by atoms with Crippen molar-refractivity contribution in [2.75, 3.05) is 13.7 Å². The van der Waals surface area contributed by atoms with E-state index < -0.39 is 5.91 Å². The highest BCUT2D eigenvalue weighted by molar-refractivity contribution is 5.93. The Labute approximate surface area is 211 Å². The maximum Gasteiger partial charge on any atom is 0.285 e. The molecule has 0 fully saturated rings. The Hall–Kier alpha value is -4.45. The number of nitrogens with zero attached hydrogens (tertiary/aromatic N) is 1. The summed E-state index contributed by atoms with van der Waals surface area (Å²) in [6, 6.07) is 29.8. The summed E-state index contributed by atoms with van der Waals surface area (Å²) in [6.45, 7) is 0.598. The molecule has 0 unspecified atom stereocenters. The molecule has 0 atom stereocenters. The minimum Gasteiger partial charge on any atom is -0.497 e. The zero-order chi connectivity index (χ0) is 25.3. The van der Waals surface area contributed by atoms with Gasteiger partial charge in [-0.15, -0.1) is 0 Å². The van der Waals surface area contributed by atoms with Crippen LogP contribution in [0.2, 0.25) is 0 Å². The van der Waals surface area contributed by atoms with Gasteiger partial charge < -0.3 is 15.8 Å². The van der Waals surface area contributed by atoms with Gasteiger partial charge in [0.2, 0.25) is 6.54 Å². The Bertz CT molecular complexity index is 1270. The van der Waals surface area contributed by atoms with Crippen LogP contribution in [0.1, 0.15) is 33.8 Å². The normalized spacial score (nSPS) is 10.7. The molecule has 182 valence electrons. The van der Waals surface area contributed by atoms with Crippen LogP contribution in [0, 0.1) is 0 Å². The number of primary amides is 1. The molecule has 6 heteroatoms. The Kier molecular flexibility index (Phi) is 8.08. The Morgan fingerprint density at radius 3 is 2.03 bits per heavy atom. The highest BCUT2D eigenvalue weighted by atomic mass is 16.5. The van der Waals surface area contributed by atoms with E-state index in [4.69, 9.17) is 10.5 Å². The first-order valence-electron chi connectivity index (χ1n) is 11.9. The van der Waals surface area contributed by atoms with Gasteiger partial charge in [-0.3, -0.25) is 9.59 Å². The largest absolute Gasteiger partial charge is 0.497 e. The van der Waals surface area contributed by atoms with Crippen molar-refractivity contribution in [3.63, 3.8) is 0 Å². The number of rotatable bonds is 10. The van der Waals surface area contributed by atoms with E-state index in [-0.39, 0.29) is 18.4 Å². The van der Waals surface area contributed by atoms with Gasteiger partial charge in [-0.25, -0.2) is 0 Å². The minimum atomic E-state index is -0.548. The van der Waals surface area contributed by atoms with Gasteiger partial charge in [0.05, 0.1) is 7.11 Å². The summed E-state index contributed by atoms with van der Waals surface area (Å²) in [6.07, 6.45) is 4.21. The van der Waals surface area contributed by atoms with Crippen molar-refractivity contribution in [2.24, 2.45) is 5.73 Å². The van der Waals surface area contributed by atoms with Crippen molar-refractivity contribution in [3.8, 4) is 16.9 Å². The summed E-state index contributed by atoms with van der Waals surface area (Å²) in [7, 11) is 1.61. The number of amides is 2. The topological polar surface area (TPSA) is 85.3 Å². The lowest BCUT2D eigenvalue weighted by Crippen LogP contribution is -2.43. The molecule has 1 aromatic heterocycles. The molecular formula is C30H30N3O3+. The van der Waals surface area contributed by atoms with Crippen molar-refractivity contribution >= 4 is 11.8 Å². The second kappa shape index (κ2) is 11.8. The molecule has 0 saturated heterocycles. The molecule has 0 saturated carbocycles. The van der Waals surface area contributed by atoms with Gasteiger partial charge in [0.15, 0.2) is 12.4 Å². The third-order valence-corrected chi connectivity index (χ3v) is 6.11. The monoisotopic (exact) mass is 480 g/mol. The SMILES string of the molecule is COc1ccc(-c2cc(C(N)=O)c[n+](CC(=O)NCCC(c3ccccc3)c3ccccc3)c2)cc1. The number of nitrogens with two attached hydrogens (primary N) is 1. The molecule has 3 aromatic carbocycles. The number of carbonyl (C=O) groups excluding carboxylic acids is 2. The van der Waals surface area contributed by atoms with Gasteiger partial charge in [-0.2, -0.15) is 4.57 Å². The van der Waals surface area contributed by atoms with E-state index in [2.05, 4.69) is 29.6 Å². The number of aromatic nitrogens is 1. The number of carbonyl (C=O) groups is 2. The predicted octanol–water partition coefficient (Wildman–Crippen LogP) is 4.09. The first-order valence-corrected chi connectivity index (χ1v) is 11.9. The van der Waals surface area contributed by atoms with E-state index in [1.165, 1.54) is 11.1 Å². The van der Waals surface area contributed by atoms with Crippen molar-refractivity contribution in [1.82, 2.24) is 5.32 Å². The maximum absolute atomic E-state index is 12.8. The smallest absolute Gasteiger partial charge is 0.285 e. The van der Waals surface area contributed by atoms with Crippen molar-refractivity contribution in [3.05, 3.63) is 120 Å². The third-order valence-electron chi connectivity index (χ3n) is 6.11. The van der Waals surface area contributed by atoms with Crippen LogP contribution < -0.4 is 20.4 Å². The molecule has 0 aliphatic rings. The van der Waals surface area contributed by atoms with E-state index in [1.54, 1.807) is 23.9 Å². The van der Waals surface area contributed by atoms with E-state index in [9.17, 15) is 9.59 Å². The summed E-state index contributed by atoms with van der Waals surface area (Å²) in [5, 5.41) is 3.03. The first-order chi connectivity index (χ1) is 17.5. The molecular weight excluding hydrogens is 450 g/mol. The molecule has 0 aliphatic heterocycles. The molecule has 2 amide bonds. The number of benzene rings is 3. The molecule has 0 radical (unpaired) electrons. The average molecular weight is 481 g/mol. The number of nitrogens with one attached hydrogen (secondary N) is 1. The fourth-order valence-electron chi connectivity index (χ4n) is 4.28. The van der Waals surface area contributed by atoms with E-state index in [1.807, 2.05) is 66.9 Å². The lowest BCUT2D eigenvalue weighted by Gasteiger charge is -2.18. The number of hydrogen-bond donors (Lipinski definition) is 2. The van der Waals surface area contributed by atoms with Crippen LogP contribution in [-0.4, -0.2) is 25.5 Å². The molecule has 1 heterocycles. The van der Waals surface area contributed by atoms with Crippen LogP contribution in [0.15, 0.2) is 103 Å². The summed E-state index contributed by atoms with van der Waals surface area (Å²) in [5.74, 6) is 0.233. The van der Waals surface area contributed by atoms with E-state index in [0.717, 1.165) is 23.3 Å². The van der Waals surface area contributed by atoms with Gasteiger partial charge in [0.1, 0.15) is 11.3 Å². The van der Waals surface area contributed by atoms with Crippen molar-refractivity contribution < 1.29 is 18.9 Å². The fraction of sp³-hybridized carbons (Fsp3) is 0.167. The Morgan fingerprint density at radius 1 is 0.861 bits per heavy atom. The van der Waals surface area contributed by atoms with Gasteiger partial charge in [-0.05, 0) is 41.3 Å². The van der Waals surface area contributed by atoms with Gasteiger partial charge in [0.25, 0.3) is 11.8 Å². The number of methoxy groups -OCH3 is 1. The van der Waals surface area contributed by atoms with Crippen LogP contribution >= 0.6 is 0 Å². The van der Waals surface area contributed by atoms with Gasteiger partial charge in [-0.1, -0.05) is 72.8 Å². The van der Waals surface area contributed by atoms with E-state index >= 15 is 0 Å².